The van der Waals surface area contributed by atoms with Gasteiger partial charge in [0.1, 0.15) is 0 Å². The van der Waals surface area contributed by atoms with Crippen molar-refractivity contribution in [3.8, 4) is 16.8 Å². The lowest BCUT2D eigenvalue weighted by Crippen LogP contribution is -2.18. The average Bonchev–Trinajstić information content (AvgIpc) is 2.49. The molecule has 0 atom stereocenters. The van der Waals surface area contributed by atoms with Gasteiger partial charge in [-0.2, -0.15) is 9.78 Å². The molecule has 92 valence electrons. The van der Waals surface area contributed by atoms with Crippen molar-refractivity contribution in [2.24, 2.45) is 0 Å². The van der Waals surface area contributed by atoms with Gasteiger partial charge in [0.15, 0.2) is 0 Å². The van der Waals surface area contributed by atoms with Crippen molar-refractivity contribution in [1.29, 1.82) is 0 Å². The summed E-state index contributed by atoms with van der Waals surface area (Å²) in [6, 6.07) is 21.0. The van der Waals surface area contributed by atoms with E-state index in [9.17, 15) is 4.79 Å². The Balaban J connectivity index is 2.01. The molecule has 0 radical (unpaired) electrons. The van der Waals surface area contributed by atoms with Crippen LogP contribution in [0.25, 0.3) is 16.8 Å². The van der Waals surface area contributed by atoms with Crippen LogP contribution in [0.5, 0.6) is 0 Å². The molecule has 0 aliphatic carbocycles. The van der Waals surface area contributed by atoms with Gasteiger partial charge in [-0.3, -0.25) is 4.79 Å². The molecular formula is C16H12N2O. The highest BCUT2D eigenvalue weighted by molar-refractivity contribution is 5.64. The molecule has 3 heteroatoms. The average molecular weight is 248 g/mol. The van der Waals surface area contributed by atoms with Crippen molar-refractivity contribution in [3.63, 3.8) is 0 Å². The van der Waals surface area contributed by atoms with Gasteiger partial charge in [0.2, 0.25) is 0 Å². The fourth-order valence-electron chi connectivity index (χ4n) is 1.98. The smallest absolute Gasteiger partial charge is 0.267 e. The van der Waals surface area contributed by atoms with Crippen molar-refractivity contribution in [2.45, 2.75) is 0 Å². The van der Waals surface area contributed by atoms with Crippen molar-refractivity contribution in [3.05, 3.63) is 83.3 Å². The van der Waals surface area contributed by atoms with Crippen LogP contribution in [0.4, 0.5) is 0 Å². The zero-order valence-electron chi connectivity index (χ0n) is 10.2. The summed E-state index contributed by atoms with van der Waals surface area (Å²) >= 11 is 0. The summed E-state index contributed by atoms with van der Waals surface area (Å²) in [7, 11) is 0. The number of nitrogens with zero attached hydrogens (tertiary/aromatic N) is 2. The van der Waals surface area contributed by atoms with Crippen LogP contribution in [0.1, 0.15) is 0 Å². The van der Waals surface area contributed by atoms with E-state index in [1.54, 1.807) is 12.3 Å². The lowest BCUT2D eigenvalue weighted by atomic mass is 10.1. The van der Waals surface area contributed by atoms with Gasteiger partial charge >= 0.3 is 0 Å². The zero-order valence-corrected chi connectivity index (χ0v) is 10.2. The third-order valence-electron chi connectivity index (χ3n) is 2.93. The minimum Gasteiger partial charge on any atom is -0.267 e. The van der Waals surface area contributed by atoms with Crippen molar-refractivity contribution in [1.82, 2.24) is 9.78 Å². The molecule has 0 spiro atoms. The summed E-state index contributed by atoms with van der Waals surface area (Å²) in [5, 5.41) is 4.06. The second-order valence-corrected chi connectivity index (χ2v) is 4.19. The lowest BCUT2D eigenvalue weighted by Gasteiger charge is -2.05. The van der Waals surface area contributed by atoms with Crippen LogP contribution in [-0.4, -0.2) is 9.78 Å². The Bertz CT molecular complexity index is 730. The third-order valence-corrected chi connectivity index (χ3v) is 2.93. The first-order valence-electron chi connectivity index (χ1n) is 6.05. The maximum absolute atomic E-state index is 11.7. The van der Waals surface area contributed by atoms with E-state index in [1.807, 2.05) is 42.5 Å². The number of hydrogen-bond donors (Lipinski definition) is 0. The SMILES string of the molecule is O=c1cccnn1-c1ccc(-c2ccccc2)cc1. The van der Waals surface area contributed by atoms with Gasteiger partial charge in [-0.15, -0.1) is 0 Å². The molecule has 0 amide bonds. The Morgan fingerprint density at radius 3 is 2.11 bits per heavy atom. The molecule has 0 N–H and O–H groups in total. The topological polar surface area (TPSA) is 34.9 Å². The highest BCUT2D eigenvalue weighted by Gasteiger charge is 2.01. The summed E-state index contributed by atoms with van der Waals surface area (Å²) in [6.07, 6.45) is 1.60. The van der Waals surface area contributed by atoms with Crippen LogP contribution in [-0.2, 0) is 0 Å². The minimum absolute atomic E-state index is 0.130. The van der Waals surface area contributed by atoms with Crippen molar-refractivity contribution >= 4 is 0 Å². The molecule has 19 heavy (non-hydrogen) atoms. The van der Waals surface area contributed by atoms with Gasteiger partial charge in [0, 0.05) is 12.3 Å². The predicted octanol–water partition coefficient (Wildman–Crippen LogP) is 2.90. The van der Waals surface area contributed by atoms with Crippen LogP contribution in [0.2, 0.25) is 0 Å². The molecule has 0 unspecified atom stereocenters. The first kappa shape index (κ1) is 11.4. The largest absolute Gasteiger partial charge is 0.271 e. The van der Waals surface area contributed by atoms with Crippen LogP contribution < -0.4 is 5.56 Å². The molecule has 1 aromatic heterocycles. The van der Waals surface area contributed by atoms with Gasteiger partial charge in [0.25, 0.3) is 5.56 Å². The highest BCUT2D eigenvalue weighted by Crippen LogP contribution is 2.19. The van der Waals surface area contributed by atoms with E-state index in [0.29, 0.717) is 0 Å². The van der Waals surface area contributed by atoms with E-state index in [2.05, 4.69) is 17.2 Å². The Labute approximate surface area is 110 Å². The maximum atomic E-state index is 11.7. The Morgan fingerprint density at radius 1 is 0.737 bits per heavy atom. The Hall–Kier alpha value is -2.68. The number of hydrogen-bond acceptors (Lipinski definition) is 2. The summed E-state index contributed by atoms with van der Waals surface area (Å²) in [5.41, 5.74) is 2.91. The fraction of sp³-hybridized carbons (Fsp3) is 0. The van der Waals surface area contributed by atoms with E-state index in [0.717, 1.165) is 16.8 Å². The van der Waals surface area contributed by atoms with Gasteiger partial charge in [0.05, 0.1) is 5.69 Å². The van der Waals surface area contributed by atoms with Gasteiger partial charge in [-0.05, 0) is 29.3 Å². The summed E-state index contributed by atoms with van der Waals surface area (Å²) < 4.78 is 1.38. The van der Waals surface area contributed by atoms with E-state index >= 15 is 0 Å². The van der Waals surface area contributed by atoms with E-state index < -0.39 is 0 Å². The lowest BCUT2D eigenvalue weighted by molar-refractivity contribution is 0.807. The molecule has 0 bridgehead atoms. The monoisotopic (exact) mass is 248 g/mol. The summed E-state index contributed by atoms with van der Waals surface area (Å²) in [5.74, 6) is 0. The predicted molar refractivity (Wildman–Crippen MR) is 75.3 cm³/mol. The molecule has 0 aliphatic heterocycles. The third kappa shape index (κ3) is 2.31. The minimum atomic E-state index is -0.130. The van der Waals surface area contributed by atoms with Crippen LogP contribution in [0.3, 0.4) is 0 Å². The van der Waals surface area contributed by atoms with Gasteiger partial charge in [-0.25, -0.2) is 0 Å². The molecule has 0 saturated heterocycles. The molecule has 1 heterocycles. The Morgan fingerprint density at radius 2 is 1.42 bits per heavy atom. The van der Waals surface area contributed by atoms with E-state index in [-0.39, 0.29) is 5.56 Å². The first-order chi connectivity index (χ1) is 9.34. The fourth-order valence-corrected chi connectivity index (χ4v) is 1.98. The molecule has 3 aromatic rings. The number of benzene rings is 2. The molecule has 3 nitrogen and oxygen atoms in total. The molecule has 2 aromatic carbocycles. The van der Waals surface area contributed by atoms with Crippen molar-refractivity contribution in [2.75, 3.05) is 0 Å². The second-order valence-electron chi connectivity index (χ2n) is 4.19. The van der Waals surface area contributed by atoms with Gasteiger partial charge in [-0.1, -0.05) is 42.5 Å². The normalized spacial score (nSPS) is 10.3. The van der Waals surface area contributed by atoms with E-state index in [1.165, 1.54) is 10.7 Å². The maximum Gasteiger partial charge on any atom is 0.271 e. The molecular weight excluding hydrogens is 236 g/mol. The number of aromatic nitrogens is 2. The van der Waals surface area contributed by atoms with Gasteiger partial charge < -0.3 is 0 Å². The standard InChI is InChI=1S/C16H12N2O/c19-16-7-4-12-17-18(16)15-10-8-14(9-11-15)13-5-2-1-3-6-13/h1-12H. The van der Waals surface area contributed by atoms with E-state index in [4.69, 9.17) is 0 Å². The summed E-state index contributed by atoms with van der Waals surface area (Å²) in [4.78, 5) is 11.7. The van der Waals surface area contributed by atoms with Crippen molar-refractivity contribution < 1.29 is 0 Å². The van der Waals surface area contributed by atoms with Crippen LogP contribution in [0, 0.1) is 0 Å². The van der Waals surface area contributed by atoms with Crippen LogP contribution >= 0.6 is 0 Å². The molecule has 3 rings (SSSR count). The quantitative estimate of drug-likeness (QED) is 0.699. The molecule has 0 fully saturated rings. The van der Waals surface area contributed by atoms with Crippen LogP contribution in [0.15, 0.2) is 77.7 Å². The molecule has 0 aliphatic rings. The molecule has 0 saturated carbocycles. The zero-order chi connectivity index (χ0) is 13.1. The number of rotatable bonds is 2. The first-order valence-corrected chi connectivity index (χ1v) is 6.05. The second kappa shape index (κ2) is 4.90. The Kier molecular flexibility index (Phi) is 2.94. The summed E-state index contributed by atoms with van der Waals surface area (Å²) in [6.45, 7) is 0. The highest BCUT2D eigenvalue weighted by atomic mass is 16.1.